The first kappa shape index (κ1) is 16.4. The van der Waals surface area contributed by atoms with Crippen LogP contribution in [0.15, 0.2) is 24.3 Å². The Labute approximate surface area is 123 Å². The lowest BCUT2D eigenvalue weighted by Gasteiger charge is -2.06. The van der Waals surface area contributed by atoms with Gasteiger partial charge in [0.25, 0.3) is 0 Å². The van der Waals surface area contributed by atoms with Crippen molar-refractivity contribution in [2.75, 3.05) is 30.0 Å². The molecule has 114 valence electrons. The first-order valence-electron chi connectivity index (χ1n) is 6.27. The standard InChI is InChI=1S/C8H12N2O.C7H9FN2/c1-5-3-8(11-2)7(10)4-6(5)9;1-4-2-5(8)7(10)3-6(4)9/h3-4H,9-10H2,1-2H3;2-3H,9-10H2,1H3. The molecule has 0 saturated heterocycles. The summed E-state index contributed by atoms with van der Waals surface area (Å²) in [5, 5.41) is 0. The molecule has 0 bridgehead atoms. The van der Waals surface area contributed by atoms with E-state index in [1.54, 1.807) is 20.1 Å². The van der Waals surface area contributed by atoms with Crippen molar-refractivity contribution in [2.24, 2.45) is 0 Å². The number of hydrogen-bond donors (Lipinski definition) is 4. The smallest absolute Gasteiger partial charge is 0.146 e. The summed E-state index contributed by atoms with van der Waals surface area (Å²) in [6, 6.07) is 6.27. The molecule has 0 unspecified atom stereocenters. The zero-order chi connectivity index (χ0) is 16.2. The molecule has 0 aliphatic heterocycles. The van der Waals surface area contributed by atoms with Crippen LogP contribution in [0, 0.1) is 19.7 Å². The topological polar surface area (TPSA) is 113 Å². The van der Waals surface area contributed by atoms with Crippen LogP contribution in [0.3, 0.4) is 0 Å². The molecule has 0 heterocycles. The molecule has 0 aliphatic rings. The largest absolute Gasteiger partial charge is 0.495 e. The van der Waals surface area contributed by atoms with Gasteiger partial charge < -0.3 is 27.7 Å². The van der Waals surface area contributed by atoms with E-state index in [4.69, 9.17) is 27.7 Å². The highest BCUT2D eigenvalue weighted by Gasteiger charge is 2.01. The van der Waals surface area contributed by atoms with Gasteiger partial charge in [-0.15, -0.1) is 0 Å². The summed E-state index contributed by atoms with van der Waals surface area (Å²) in [6.07, 6.45) is 0. The Morgan fingerprint density at radius 3 is 1.71 bits per heavy atom. The van der Waals surface area contributed by atoms with Crippen molar-refractivity contribution in [1.82, 2.24) is 0 Å². The first-order chi connectivity index (χ1) is 9.76. The Morgan fingerprint density at radius 1 is 0.762 bits per heavy atom. The average Bonchev–Trinajstić information content (AvgIpc) is 2.41. The molecule has 2 aromatic carbocycles. The number of nitrogen functional groups attached to an aromatic ring is 4. The second kappa shape index (κ2) is 6.69. The maximum atomic E-state index is 12.6. The molecule has 0 aromatic heterocycles. The normalized spacial score (nSPS) is 9.71. The van der Waals surface area contributed by atoms with E-state index in [9.17, 15) is 4.39 Å². The number of hydrogen-bond acceptors (Lipinski definition) is 5. The van der Waals surface area contributed by atoms with Gasteiger partial charge in [-0.05, 0) is 49.2 Å². The quantitative estimate of drug-likeness (QED) is 0.603. The summed E-state index contributed by atoms with van der Waals surface area (Å²) >= 11 is 0. The first-order valence-corrected chi connectivity index (χ1v) is 6.27. The van der Waals surface area contributed by atoms with Gasteiger partial charge in [0.15, 0.2) is 0 Å². The van der Waals surface area contributed by atoms with Crippen molar-refractivity contribution >= 4 is 22.7 Å². The minimum atomic E-state index is -0.410. The third kappa shape index (κ3) is 4.17. The van der Waals surface area contributed by atoms with Crippen molar-refractivity contribution in [3.05, 3.63) is 41.2 Å². The predicted molar refractivity (Wildman–Crippen MR) is 86.5 cm³/mol. The maximum absolute atomic E-state index is 12.6. The molecule has 2 rings (SSSR count). The SMILES string of the molecule is COc1cc(C)c(N)cc1N.Cc1cc(F)c(N)cc1N. The molecule has 6 heteroatoms. The lowest BCUT2D eigenvalue weighted by molar-refractivity contribution is 0.417. The predicted octanol–water partition coefficient (Wildman–Crippen LogP) is 2.47. The second-order valence-electron chi connectivity index (χ2n) is 4.68. The maximum Gasteiger partial charge on any atom is 0.146 e. The van der Waals surface area contributed by atoms with Crippen molar-refractivity contribution in [1.29, 1.82) is 0 Å². The van der Waals surface area contributed by atoms with Gasteiger partial charge in [-0.1, -0.05) is 0 Å². The molecule has 8 N–H and O–H groups in total. The van der Waals surface area contributed by atoms with E-state index in [1.807, 2.05) is 13.0 Å². The average molecular weight is 292 g/mol. The summed E-state index contributed by atoms with van der Waals surface area (Å²) in [4.78, 5) is 0. The van der Waals surface area contributed by atoms with Crippen LogP contribution in [0.5, 0.6) is 5.75 Å². The van der Waals surface area contributed by atoms with Crippen LogP contribution in [0.4, 0.5) is 27.1 Å². The van der Waals surface area contributed by atoms with E-state index in [0.29, 0.717) is 28.4 Å². The molecule has 5 nitrogen and oxygen atoms in total. The highest BCUT2D eigenvalue weighted by Crippen LogP contribution is 2.26. The van der Waals surface area contributed by atoms with Gasteiger partial charge in [0.1, 0.15) is 11.6 Å². The fourth-order valence-corrected chi connectivity index (χ4v) is 1.60. The zero-order valence-electron chi connectivity index (χ0n) is 12.4. The van der Waals surface area contributed by atoms with Crippen LogP contribution < -0.4 is 27.7 Å². The Bertz CT molecular complexity index is 594. The van der Waals surface area contributed by atoms with Crippen molar-refractivity contribution in [3.8, 4) is 5.75 Å². The Balaban J connectivity index is 0.000000211. The van der Waals surface area contributed by atoms with Gasteiger partial charge in [-0.3, -0.25) is 0 Å². The van der Waals surface area contributed by atoms with Gasteiger partial charge in [0.2, 0.25) is 0 Å². The van der Waals surface area contributed by atoms with Crippen LogP contribution in [0.1, 0.15) is 11.1 Å². The van der Waals surface area contributed by atoms with Gasteiger partial charge in [-0.25, -0.2) is 4.39 Å². The summed E-state index contributed by atoms with van der Waals surface area (Å²) in [5.41, 5.74) is 25.5. The van der Waals surface area contributed by atoms with Gasteiger partial charge in [0.05, 0.1) is 18.5 Å². The van der Waals surface area contributed by atoms with Crippen molar-refractivity contribution in [2.45, 2.75) is 13.8 Å². The zero-order valence-corrected chi connectivity index (χ0v) is 12.4. The van der Waals surface area contributed by atoms with Crippen LogP contribution >= 0.6 is 0 Å². The number of anilines is 4. The van der Waals surface area contributed by atoms with Gasteiger partial charge >= 0.3 is 0 Å². The van der Waals surface area contributed by atoms with Gasteiger partial charge in [0, 0.05) is 11.4 Å². The molecule has 0 fully saturated rings. The van der Waals surface area contributed by atoms with Gasteiger partial charge in [-0.2, -0.15) is 0 Å². The molecule has 0 aliphatic carbocycles. The van der Waals surface area contributed by atoms with E-state index in [2.05, 4.69) is 0 Å². The van der Waals surface area contributed by atoms with Crippen LogP contribution in [-0.4, -0.2) is 7.11 Å². The molecular formula is C15H21FN4O. The third-order valence-corrected chi connectivity index (χ3v) is 3.00. The number of benzene rings is 2. The highest BCUT2D eigenvalue weighted by atomic mass is 19.1. The molecule has 0 amide bonds. The lowest BCUT2D eigenvalue weighted by Crippen LogP contribution is -1.96. The van der Waals surface area contributed by atoms with Crippen molar-refractivity contribution in [3.63, 3.8) is 0 Å². The fourth-order valence-electron chi connectivity index (χ4n) is 1.60. The number of nitrogens with two attached hydrogens (primary N) is 4. The molecule has 2 aromatic rings. The number of halogens is 1. The summed E-state index contributed by atoms with van der Waals surface area (Å²) in [7, 11) is 1.58. The number of rotatable bonds is 1. The lowest BCUT2D eigenvalue weighted by atomic mass is 10.2. The molecule has 0 spiro atoms. The Kier molecular flexibility index (Phi) is 5.24. The third-order valence-electron chi connectivity index (χ3n) is 3.00. The molecule has 0 saturated carbocycles. The number of aryl methyl sites for hydroxylation is 2. The van der Waals surface area contributed by atoms with E-state index >= 15 is 0 Å². The molecular weight excluding hydrogens is 271 g/mol. The summed E-state index contributed by atoms with van der Waals surface area (Å²) in [6.45, 7) is 3.65. The van der Waals surface area contributed by atoms with Crippen LogP contribution in [-0.2, 0) is 0 Å². The molecule has 21 heavy (non-hydrogen) atoms. The Morgan fingerprint density at radius 2 is 1.24 bits per heavy atom. The van der Waals surface area contributed by atoms with E-state index < -0.39 is 5.82 Å². The number of ether oxygens (including phenoxy) is 1. The highest BCUT2D eigenvalue weighted by molar-refractivity contribution is 5.64. The minimum Gasteiger partial charge on any atom is -0.495 e. The minimum absolute atomic E-state index is 0.100. The Hall–Kier alpha value is -2.63. The monoisotopic (exact) mass is 292 g/mol. The molecule has 0 atom stereocenters. The summed E-state index contributed by atoms with van der Waals surface area (Å²) < 4.78 is 17.6. The number of methoxy groups -OCH3 is 1. The van der Waals surface area contributed by atoms with Crippen LogP contribution in [0.2, 0.25) is 0 Å². The fraction of sp³-hybridized carbons (Fsp3) is 0.200. The van der Waals surface area contributed by atoms with E-state index in [1.165, 1.54) is 12.1 Å². The summed E-state index contributed by atoms with van der Waals surface area (Å²) in [5.74, 6) is 0.267. The van der Waals surface area contributed by atoms with E-state index in [-0.39, 0.29) is 5.69 Å². The second-order valence-corrected chi connectivity index (χ2v) is 4.68. The van der Waals surface area contributed by atoms with Crippen molar-refractivity contribution < 1.29 is 9.13 Å². The van der Waals surface area contributed by atoms with E-state index in [0.717, 1.165) is 5.56 Å². The van der Waals surface area contributed by atoms with Crippen LogP contribution in [0.25, 0.3) is 0 Å². The molecule has 0 radical (unpaired) electrons.